The Morgan fingerprint density at radius 1 is 0.765 bits per heavy atom. The number of H-pyrrole nitrogens is 4. The van der Waals surface area contributed by atoms with E-state index in [1.807, 2.05) is 51.6 Å². The molecular weight excluding hydrogens is 693 g/mol. The number of aromatic nitrogens is 6. The Morgan fingerprint density at radius 2 is 1.31 bits per heavy atom. The van der Waals surface area contributed by atoms with Gasteiger partial charge >= 0.3 is 6.09 Å². The van der Waals surface area contributed by atoms with Crippen molar-refractivity contribution >= 4 is 52.6 Å². The second-order valence-corrected chi connectivity index (χ2v) is 13.0. The molecule has 2 aromatic carbocycles. The molecule has 14 nitrogen and oxygen atoms in total. The molecule has 0 aliphatic carbocycles. The summed E-state index contributed by atoms with van der Waals surface area (Å²) in [6.07, 6.45) is 2.48. The van der Waals surface area contributed by atoms with E-state index in [2.05, 4.69) is 37.4 Å². The summed E-state index contributed by atoms with van der Waals surface area (Å²) >= 11 is 10.7. The van der Waals surface area contributed by atoms with Crippen LogP contribution in [0.15, 0.2) is 82.6 Å². The molecule has 51 heavy (non-hydrogen) atoms. The minimum absolute atomic E-state index is 0.175. The summed E-state index contributed by atoms with van der Waals surface area (Å²) in [6.45, 7) is 4.27. The van der Waals surface area contributed by atoms with Crippen LogP contribution in [0.2, 0.25) is 0 Å². The highest BCUT2D eigenvalue weighted by molar-refractivity contribution is 7.71. The van der Waals surface area contributed by atoms with Gasteiger partial charge in [0.15, 0.2) is 9.54 Å². The van der Waals surface area contributed by atoms with E-state index in [1.165, 1.54) is 10.5 Å². The number of rotatable bonds is 6. The Hall–Kier alpha value is -5.13. The molecule has 6 aromatic rings. The van der Waals surface area contributed by atoms with E-state index in [9.17, 15) is 19.5 Å². The summed E-state index contributed by atoms with van der Waals surface area (Å²) in [7, 11) is 0. The average molecular weight is 729 g/mol. The number of hydrogen-bond acceptors (Lipinski definition) is 8. The minimum atomic E-state index is -0.966. The lowest BCUT2D eigenvalue weighted by Gasteiger charge is -2.34. The molecule has 0 bridgehead atoms. The Bertz CT molecular complexity index is 2440. The fourth-order valence-electron chi connectivity index (χ4n) is 6.74. The number of benzene rings is 2. The lowest BCUT2D eigenvalue weighted by molar-refractivity contribution is -0.00119. The number of nitrogens with one attached hydrogen (secondary N) is 5. The third-order valence-corrected chi connectivity index (χ3v) is 9.86. The fourth-order valence-corrected chi connectivity index (χ4v) is 7.25. The van der Waals surface area contributed by atoms with Crippen LogP contribution in [0.25, 0.3) is 22.1 Å². The quantitative estimate of drug-likeness (QED) is 0.134. The highest BCUT2D eigenvalue weighted by atomic mass is 32.1. The zero-order valence-electron chi connectivity index (χ0n) is 27.4. The Labute approximate surface area is 300 Å². The molecule has 0 spiro atoms. The van der Waals surface area contributed by atoms with Gasteiger partial charge in [0.2, 0.25) is 0 Å². The van der Waals surface area contributed by atoms with E-state index in [-0.39, 0.29) is 23.2 Å². The highest BCUT2D eigenvalue weighted by Gasteiger charge is 2.30. The number of hydrogen-bond donors (Lipinski definition) is 6. The van der Waals surface area contributed by atoms with Crippen LogP contribution in [-0.2, 0) is 22.6 Å². The molecule has 16 heteroatoms. The van der Waals surface area contributed by atoms with E-state index < -0.39 is 6.09 Å². The third kappa shape index (κ3) is 7.09. The monoisotopic (exact) mass is 728 g/mol. The molecule has 2 aliphatic rings. The van der Waals surface area contributed by atoms with E-state index in [1.54, 1.807) is 18.5 Å². The second-order valence-electron chi connectivity index (χ2n) is 12.2. The molecule has 2 aliphatic heterocycles. The van der Waals surface area contributed by atoms with E-state index in [0.29, 0.717) is 65.5 Å². The van der Waals surface area contributed by atoms with Crippen LogP contribution >= 0.6 is 24.4 Å². The Kier molecular flexibility index (Phi) is 10.1. The molecule has 2 saturated heterocycles. The van der Waals surface area contributed by atoms with Crippen LogP contribution in [0.1, 0.15) is 34.3 Å². The van der Waals surface area contributed by atoms with Gasteiger partial charge in [-0.25, -0.2) is 4.79 Å². The van der Waals surface area contributed by atoms with E-state index >= 15 is 0 Å². The predicted octanol–water partition coefficient (Wildman–Crippen LogP) is 4.58. The molecule has 2 atom stereocenters. The number of carbonyl (C=O) groups is 1. The molecular formula is C35H36N8O6S2. The van der Waals surface area contributed by atoms with Gasteiger partial charge in [0.1, 0.15) is 11.0 Å². The largest absolute Gasteiger partial charge is 0.465 e. The smallest absolute Gasteiger partial charge is 0.407 e. The van der Waals surface area contributed by atoms with Gasteiger partial charge in [0.05, 0.1) is 62.6 Å². The van der Waals surface area contributed by atoms with Gasteiger partial charge in [0, 0.05) is 25.5 Å². The van der Waals surface area contributed by atoms with Crippen molar-refractivity contribution in [2.75, 3.05) is 39.5 Å². The number of morpholine rings is 2. The van der Waals surface area contributed by atoms with Gasteiger partial charge in [0.25, 0.3) is 11.1 Å². The maximum Gasteiger partial charge on any atom is 0.407 e. The van der Waals surface area contributed by atoms with Crippen LogP contribution in [-0.4, -0.2) is 84.7 Å². The zero-order valence-corrected chi connectivity index (χ0v) is 29.0. The topological polar surface area (TPSA) is 178 Å². The van der Waals surface area contributed by atoms with Crippen LogP contribution in [0.3, 0.4) is 0 Å². The van der Waals surface area contributed by atoms with Gasteiger partial charge in [-0.1, -0.05) is 48.5 Å². The summed E-state index contributed by atoms with van der Waals surface area (Å²) in [5.41, 5.74) is 6.21. The van der Waals surface area contributed by atoms with Crippen molar-refractivity contribution in [3.05, 3.63) is 126 Å². The minimum Gasteiger partial charge on any atom is -0.465 e. The van der Waals surface area contributed by atoms with Crippen molar-refractivity contribution in [2.24, 2.45) is 0 Å². The third-order valence-electron chi connectivity index (χ3n) is 9.21. The first-order chi connectivity index (χ1) is 24.8. The molecule has 0 unspecified atom stereocenters. The van der Waals surface area contributed by atoms with Crippen LogP contribution < -0.4 is 16.4 Å². The lowest BCUT2D eigenvalue weighted by Crippen LogP contribution is -2.43. The summed E-state index contributed by atoms with van der Waals surface area (Å²) in [6, 6.07) is 19.4. The van der Waals surface area contributed by atoms with Crippen molar-refractivity contribution in [3.63, 3.8) is 0 Å². The number of aromatic amines is 4. The normalized spacial score (nSPS) is 17.7. The van der Waals surface area contributed by atoms with E-state index in [4.69, 9.17) is 33.9 Å². The molecule has 0 saturated carbocycles. The maximum atomic E-state index is 12.0. The molecule has 264 valence electrons. The molecule has 8 rings (SSSR count). The summed E-state index contributed by atoms with van der Waals surface area (Å²) in [4.78, 5) is 48.4. The predicted molar refractivity (Wildman–Crippen MR) is 196 cm³/mol. The number of carboxylic acid groups (broad SMARTS) is 1. The Balaban J connectivity index is 0.000000160. The highest BCUT2D eigenvalue weighted by Crippen LogP contribution is 2.28. The average Bonchev–Trinajstić information content (AvgIpc) is 3.85. The number of fused-ring (bicyclic) bond motifs is 2. The van der Waals surface area contributed by atoms with Gasteiger partial charge < -0.3 is 39.0 Å². The van der Waals surface area contributed by atoms with Gasteiger partial charge in [-0.2, -0.15) is 0 Å². The van der Waals surface area contributed by atoms with Crippen LogP contribution in [0.5, 0.6) is 0 Å². The Morgan fingerprint density at radius 3 is 1.88 bits per heavy atom. The zero-order chi connectivity index (χ0) is 35.5. The van der Waals surface area contributed by atoms with E-state index in [0.717, 1.165) is 35.4 Å². The van der Waals surface area contributed by atoms with Crippen molar-refractivity contribution in [2.45, 2.75) is 25.2 Å². The number of amides is 1. The summed E-state index contributed by atoms with van der Waals surface area (Å²) in [5.74, 6) is 0. The van der Waals surface area contributed by atoms with Crippen molar-refractivity contribution in [3.8, 4) is 0 Å². The van der Waals surface area contributed by atoms with Crippen molar-refractivity contribution in [1.82, 2.24) is 39.3 Å². The van der Waals surface area contributed by atoms with Crippen LogP contribution in [0.4, 0.5) is 4.79 Å². The van der Waals surface area contributed by atoms with Crippen molar-refractivity contribution < 1.29 is 19.4 Å². The van der Waals surface area contributed by atoms with Gasteiger partial charge in [-0.15, -0.1) is 0 Å². The fraction of sp³-hybridized carbons (Fsp3) is 0.286. The standard InChI is InChI=1S/C18H18N4O4S.C17H18N4O2S/c23-16-15-13(5-6-19-15)22(17(27)20-16)9-11-3-1-2-4-12(11)14-10-26-8-7-21(14)18(24)25;22-16-15-14(5-6-19-15)21(17(24)20-16)9-11-3-1-2-4-12(11)13-10-23-8-7-18-13/h1-6,14,19H,7-10H2,(H,24,25)(H,20,23,27);1-6,13,18-19H,7-10H2,(H,20,22,24)/t14-;13-/m00/s1. The van der Waals surface area contributed by atoms with Crippen molar-refractivity contribution in [1.29, 1.82) is 0 Å². The lowest BCUT2D eigenvalue weighted by atomic mass is 9.98. The number of nitrogens with zero attached hydrogens (tertiary/aromatic N) is 3. The second kappa shape index (κ2) is 15.0. The van der Waals surface area contributed by atoms with Crippen LogP contribution in [0, 0.1) is 9.54 Å². The molecule has 2 fully saturated rings. The summed E-state index contributed by atoms with van der Waals surface area (Å²) in [5, 5.41) is 13.0. The molecule has 0 radical (unpaired) electrons. The first kappa shape index (κ1) is 34.3. The first-order valence-corrected chi connectivity index (χ1v) is 17.3. The number of ether oxygens (including phenoxy) is 2. The molecule has 1 amide bonds. The first-order valence-electron chi connectivity index (χ1n) is 16.4. The SMILES string of the molecule is O=C(O)N1CCOC[C@H]1c1ccccc1Cn1c(=S)[nH]c(=O)c2[nH]ccc21.O=c1[nH]c(=S)n(Cc2ccccc2[C@@H]2COCCN2)c2cc[nH]c12. The molecule has 6 heterocycles. The van der Waals surface area contributed by atoms with Gasteiger partial charge in [-0.05, 0) is 58.8 Å². The molecule has 6 N–H and O–H groups in total. The maximum absolute atomic E-state index is 12.0. The summed E-state index contributed by atoms with van der Waals surface area (Å²) < 4.78 is 15.7. The molecule has 4 aromatic heterocycles. The van der Waals surface area contributed by atoms with Gasteiger partial charge in [-0.3, -0.25) is 24.5 Å².